The van der Waals surface area contributed by atoms with Crippen molar-refractivity contribution < 1.29 is 27.5 Å². The van der Waals surface area contributed by atoms with Crippen molar-refractivity contribution in [2.45, 2.75) is 45.5 Å². The highest BCUT2D eigenvalue weighted by Crippen LogP contribution is 2.14. The first kappa shape index (κ1) is 28.9. The van der Waals surface area contributed by atoms with Gasteiger partial charge in [-0.25, -0.2) is 9.07 Å². The van der Waals surface area contributed by atoms with Gasteiger partial charge in [0, 0.05) is 31.2 Å². The van der Waals surface area contributed by atoms with E-state index >= 15 is 0 Å². The summed E-state index contributed by atoms with van der Waals surface area (Å²) in [5.74, 6) is -0.589. The number of carbonyl (C=O) groups excluding carboxylic acids is 2. The van der Waals surface area contributed by atoms with Gasteiger partial charge in [-0.3, -0.25) is 14.6 Å². The van der Waals surface area contributed by atoms with Crippen LogP contribution in [0.1, 0.15) is 24.2 Å². The second-order valence-corrected chi connectivity index (χ2v) is 7.07. The van der Waals surface area contributed by atoms with E-state index < -0.39 is 18.7 Å². The number of nitrogens with zero attached hydrogens (tertiary/aromatic N) is 4. The van der Waals surface area contributed by atoms with Gasteiger partial charge in [0.2, 0.25) is 12.3 Å². The van der Waals surface area contributed by atoms with Crippen molar-refractivity contribution in [3.05, 3.63) is 59.6 Å². The second-order valence-electron chi connectivity index (χ2n) is 7.07. The minimum absolute atomic E-state index is 0.0165. The zero-order chi connectivity index (χ0) is 26.2. The number of aromatic nitrogens is 4. The number of carbonyl (C=O) groups is 2. The number of nitrogens with two attached hydrogens (primary N) is 2. The first-order valence-corrected chi connectivity index (χ1v) is 10.4. The molecule has 0 aliphatic rings. The molecule has 192 valence electrons. The van der Waals surface area contributed by atoms with Gasteiger partial charge in [0.1, 0.15) is 17.7 Å². The number of aryl methyl sites for hydroxylation is 1. The Morgan fingerprint density at radius 2 is 2.00 bits per heavy atom. The molecule has 2 heterocycles. The average Bonchev–Trinajstić information content (AvgIpc) is 3.20. The van der Waals surface area contributed by atoms with E-state index in [1.54, 1.807) is 20.2 Å². The SMILES string of the molecule is CNC=O.Cc1cn(CC(F)CC/C(N)=C/C=C(\N)NC(=O)Cc2cc(OC(F)F)ccn2)nn1. The monoisotopic (exact) mass is 498 g/mol. The van der Waals surface area contributed by atoms with Gasteiger partial charge in [-0.05, 0) is 38.0 Å². The van der Waals surface area contributed by atoms with Crippen LogP contribution in [-0.4, -0.2) is 52.1 Å². The van der Waals surface area contributed by atoms with Crippen molar-refractivity contribution in [1.82, 2.24) is 30.6 Å². The Hall–Kier alpha value is -4.10. The Balaban J connectivity index is 0.00000142. The molecule has 0 aromatic carbocycles. The Morgan fingerprint density at radius 1 is 1.29 bits per heavy atom. The molecule has 6 N–H and O–H groups in total. The van der Waals surface area contributed by atoms with E-state index in [4.69, 9.17) is 16.3 Å². The van der Waals surface area contributed by atoms with Gasteiger partial charge in [-0.15, -0.1) is 5.10 Å². The lowest BCUT2D eigenvalue weighted by molar-refractivity contribution is -0.119. The minimum atomic E-state index is -2.97. The molecule has 0 radical (unpaired) electrons. The maximum Gasteiger partial charge on any atom is 0.387 e. The second kappa shape index (κ2) is 15.7. The van der Waals surface area contributed by atoms with E-state index in [-0.39, 0.29) is 43.1 Å². The van der Waals surface area contributed by atoms with E-state index in [9.17, 15) is 18.0 Å². The van der Waals surface area contributed by atoms with Crippen LogP contribution in [0.5, 0.6) is 5.75 Å². The van der Waals surface area contributed by atoms with Crippen molar-refractivity contribution in [3.63, 3.8) is 0 Å². The predicted octanol–water partition coefficient (Wildman–Crippen LogP) is 1.07. The van der Waals surface area contributed by atoms with Crippen molar-refractivity contribution >= 4 is 12.3 Å². The van der Waals surface area contributed by atoms with E-state index in [0.29, 0.717) is 17.8 Å². The zero-order valence-electron chi connectivity index (χ0n) is 19.3. The van der Waals surface area contributed by atoms with E-state index in [1.807, 2.05) is 0 Å². The average molecular weight is 499 g/mol. The Labute approximate surface area is 200 Å². The number of hydrogen-bond acceptors (Lipinski definition) is 8. The fraction of sp³-hybridized carbons (Fsp3) is 0.381. The number of amides is 2. The van der Waals surface area contributed by atoms with Crippen molar-refractivity contribution in [3.8, 4) is 5.75 Å². The van der Waals surface area contributed by atoms with E-state index in [2.05, 4.69) is 30.7 Å². The number of nitrogens with one attached hydrogen (secondary N) is 2. The summed E-state index contributed by atoms with van der Waals surface area (Å²) in [6.07, 6.45) is 5.51. The normalized spacial score (nSPS) is 12.4. The summed E-state index contributed by atoms with van der Waals surface area (Å²) in [5, 5.41) is 12.3. The van der Waals surface area contributed by atoms with Gasteiger partial charge in [-0.1, -0.05) is 5.21 Å². The summed E-state index contributed by atoms with van der Waals surface area (Å²) in [5.41, 5.74) is 12.9. The fourth-order valence-corrected chi connectivity index (χ4v) is 2.52. The minimum Gasteiger partial charge on any atom is -0.435 e. The fourth-order valence-electron chi connectivity index (χ4n) is 2.52. The van der Waals surface area contributed by atoms with Crippen LogP contribution in [0.3, 0.4) is 0 Å². The molecular formula is C21H29F3N8O3. The summed E-state index contributed by atoms with van der Waals surface area (Å²) < 4.78 is 44.2. The van der Waals surface area contributed by atoms with Crippen LogP contribution in [-0.2, 0) is 22.6 Å². The summed E-state index contributed by atoms with van der Waals surface area (Å²) in [4.78, 5) is 25.0. The maximum absolute atomic E-state index is 14.0. The van der Waals surface area contributed by atoms with Gasteiger partial charge in [-0.2, -0.15) is 8.78 Å². The Kier molecular flexibility index (Phi) is 13.0. The van der Waals surface area contributed by atoms with E-state index in [0.717, 1.165) is 0 Å². The molecular weight excluding hydrogens is 469 g/mol. The molecule has 0 spiro atoms. The molecule has 1 unspecified atom stereocenters. The summed E-state index contributed by atoms with van der Waals surface area (Å²) in [7, 11) is 1.56. The predicted molar refractivity (Wildman–Crippen MR) is 121 cm³/mol. The third-order valence-electron chi connectivity index (χ3n) is 4.02. The molecule has 0 fully saturated rings. The standard InChI is InChI=1S/C19H24F3N7O2.C2H5NO/c1-12-10-29(28-27-12)11-13(20)2-3-14(23)4-5-17(24)26-18(30)9-15-8-16(6-7-25-15)31-19(21)22;1-3-2-4/h4-8,10,13,19H,2-3,9,11,23-24H2,1H3,(H,26,30);2H,1H3,(H,3,4)/b14-4-,17-5+;. The molecule has 2 aromatic heterocycles. The molecule has 2 aromatic rings. The van der Waals surface area contributed by atoms with Crippen LogP contribution in [0, 0.1) is 6.92 Å². The zero-order valence-corrected chi connectivity index (χ0v) is 19.3. The van der Waals surface area contributed by atoms with Crippen LogP contribution in [0.25, 0.3) is 0 Å². The number of halogens is 3. The number of hydrogen-bond donors (Lipinski definition) is 4. The van der Waals surface area contributed by atoms with Gasteiger partial charge < -0.3 is 26.8 Å². The quantitative estimate of drug-likeness (QED) is 0.249. The summed E-state index contributed by atoms with van der Waals surface area (Å²) in [6.45, 7) is -1.12. The van der Waals surface area contributed by atoms with Crippen LogP contribution >= 0.6 is 0 Å². The van der Waals surface area contributed by atoms with E-state index in [1.165, 1.54) is 35.2 Å². The van der Waals surface area contributed by atoms with Crippen LogP contribution in [0.2, 0.25) is 0 Å². The molecule has 11 nitrogen and oxygen atoms in total. The Bertz CT molecular complexity index is 998. The molecule has 0 saturated heterocycles. The lowest BCUT2D eigenvalue weighted by Crippen LogP contribution is -2.29. The van der Waals surface area contributed by atoms with Gasteiger partial charge in [0.15, 0.2) is 0 Å². The summed E-state index contributed by atoms with van der Waals surface area (Å²) in [6, 6.07) is 2.49. The third-order valence-corrected chi connectivity index (χ3v) is 4.02. The number of rotatable bonds is 12. The summed E-state index contributed by atoms with van der Waals surface area (Å²) >= 11 is 0. The molecule has 1 atom stereocenters. The number of alkyl halides is 3. The highest BCUT2D eigenvalue weighted by molar-refractivity contribution is 5.79. The van der Waals surface area contributed by atoms with Crippen LogP contribution in [0.15, 0.2) is 48.2 Å². The smallest absolute Gasteiger partial charge is 0.387 e. The lowest BCUT2D eigenvalue weighted by Gasteiger charge is -2.08. The van der Waals surface area contributed by atoms with Crippen molar-refractivity contribution in [1.29, 1.82) is 0 Å². The van der Waals surface area contributed by atoms with Gasteiger partial charge in [0.05, 0.1) is 24.4 Å². The molecule has 0 aliphatic heterocycles. The Morgan fingerprint density at radius 3 is 2.60 bits per heavy atom. The topological polar surface area (TPSA) is 163 Å². The lowest BCUT2D eigenvalue weighted by atomic mass is 10.1. The molecule has 0 aliphatic carbocycles. The molecule has 2 amide bonds. The highest BCUT2D eigenvalue weighted by atomic mass is 19.3. The van der Waals surface area contributed by atoms with Gasteiger partial charge in [0.25, 0.3) is 0 Å². The highest BCUT2D eigenvalue weighted by Gasteiger charge is 2.10. The number of pyridine rings is 1. The van der Waals surface area contributed by atoms with Gasteiger partial charge >= 0.3 is 6.61 Å². The first-order valence-electron chi connectivity index (χ1n) is 10.4. The van der Waals surface area contributed by atoms with Crippen LogP contribution < -0.4 is 26.8 Å². The number of ether oxygens (including phenoxy) is 1. The van der Waals surface area contributed by atoms with Crippen LogP contribution in [0.4, 0.5) is 13.2 Å². The molecule has 0 saturated carbocycles. The van der Waals surface area contributed by atoms with Crippen molar-refractivity contribution in [2.24, 2.45) is 11.5 Å². The third kappa shape index (κ3) is 13.3. The molecule has 0 bridgehead atoms. The van der Waals surface area contributed by atoms with Crippen molar-refractivity contribution in [2.75, 3.05) is 7.05 Å². The number of allylic oxidation sites excluding steroid dienone is 3. The molecule has 35 heavy (non-hydrogen) atoms. The largest absolute Gasteiger partial charge is 0.435 e. The molecule has 2 rings (SSSR count). The molecule has 14 heteroatoms. The maximum atomic E-state index is 14.0. The first-order chi connectivity index (χ1) is 16.6.